The van der Waals surface area contributed by atoms with E-state index in [1.807, 2.05) is 0 Å². The third kappa shape index (κ3) is 2.22. The standard InChI is InChI=1S/C8H7ClO3/c9-6-3-1-2-4-7(6)12-8(11)5-10/h1-4,10H,5H2. The second-order valence-corrected chi connectivity index (χ2v) is 2.47. The number of rotatable bonds is 2. The number of ether oxygens (including phenoxy) is 1. The molecule has 0 aliphatic heterocycles. The van der Waals surface area contributed by atoms with Gasteiger partial charge in [0.1, 0.15) is 12.4 Å². The summed E-state index contributed by atoms with van der Waals surface area (Å²) in [5.41, 5.74) is 0. The molecule has 4 heteroatoms. The fraction of sp³-hybridized carbons (Fsp3) is 0.125. The second kappa shape index (κ2) is 4.09. The minimum absolute atomic E-state index is 0.262. The van der Waals surface area contributed by atoms with E-state index in [-0.39, 0.29) is 5.75 Å². The SMILES string of the molecule is O=C(CO)Oc1ccccc1Cl. The van der Waals surface area contributed by atoms with Crippen LogP contribution in [0.1, 0.15) is 0 Å². The number of hydrogen-bond donors (Lipinski definition) is 1. The second-order valence-electron chi connectivity index (χ2n) is 2.06. The number of halogens is 1. The van der Waals surface area contributed by atoms with Crippen LogP contribution in [0.2, 0.25) is 5.02 Å². The smallest absolute Gasteiger partial charge is 0.337 e. The van der Waals surface area contributed by atoms with Crippen LogP contribution in [-0.4, -0.2) is 17.7 Å². The first-order valence-corrected chi connectivity index (χ1v) is 3.68. The molecule has 0 amide bonds. The van der Waals surface area contributed by atoms with Gasteiger partial charge in [0.15, 0.2) is 0 Å². The molecule has 0 unspecified atom stereocenters. The van der Waals surface area contributed by atoms with Gasteiger partial charge in [-0.1, -0.05) is 23.7 Å². The Hall–Kier alpha value is -1.06. The maximum atomic E-state index is 10.6. The van der Waals surface area contributed by atoms with Gasteiger partial charge in [-0.25, -0.2) is 4.79 Å². The summed E-state index contributed by atoms with van der Waals surface area (Å²) in [6.45, 7) is -0.648. The molecule has 0 aliphatic rings. The van der Waals surface area contributed by atoms with Crippen LogP contribution in [0.25, 0.3) is 0 Å². The molecule has 0 radical (unpaired) electrons. The van der Waals surface area contributed by atoms with Gasteiger partial charge in [0.25, 0.3) is 0 Å². The Morgan fingerprint density at radius 3 is 2.75 bits per heavy atom. The fourth-order valence-corrected chi connectivity index (χ4v) is 0.857. The zero-order chi connectivity index (χ0) is 8.97. The van der Waals surface area contributed by atoms with E-state index in [0.717, 1.165) is 0 Å². The van der Waals surface area contributed by atoms with Gasteiger partial charge in [-0.3, -0.25) is 0 Å². The van der Waals surface area contributed by atoms with Crippen molar-refractivity contribution in [2.24, 2.45) is 0 Å². The van der Waals surface area contributed by atoms with Gasteiger partial charge < -0.3 is 9.84 Å². The number of aliphatic hydroxyl groups excluding tert-OH is 1. The zero-order valence-electron chi connectivity index (χ0n) is 6.16. The Morgan fingerprint density at radius 2 is 2.17 bits per heavy atom. The van der Waals surface area contributed by atoms with Gasteiger partial charge >= 0.3 is 5.97 Å². The monoisotopic (exact) mass is 186 g/mol. The van der Waals surface area contributed by atoms with Crippen LogP contribution in [0.5, 0.6) is 5.75 Å². The fourth-order valence-electron chi connectivity index (χ4n) is 0.682. The van der Waals surface area contributed by atoms with E-state index in [0.29, 0.717) is 5.02 Å². The molecular weight excluding hydrogens is 180 g/mol. The predicted molar refractivity (Wildman–Crippen MR) is 44.2 cm³/mol. The molecule has 1 aromatic rings. The van der Waals surface area contributed by atoms with Crippen molar-refractivity contribution in [1.29, 1.82) is 0 Å². The van der Waals surface area contributed by atoms with Crippen molar-refractivity contribution in [3.8, 4) is 5.75 Å². The molecular formula is C8H7ClO3. The van der Waals surface area contributed by atoms with E-state index in [9.17, 15) is 4.79 Å². The van der Waals surface area contributed by atoms with Crippen LogP contribution in [0.4, 0.5) is 0 Å². The van der Waals surface area contributed by atoms with Crippen LogP contribution in [0.15, 0.2) is 24.3 Å². The number of benzene rings is 1. The largest absolute Gasteiger partial charge is 0.423 e. The van der Waals surface area contributed by atoms with Crippen LogP contribution < -0.4 is 4.74 Å². The summed E-state index contributed by atoms with van der Waals surface area (Å²) >= 11 is 5.67. The Balaban J connectivity index is 2.75. The van der Waals surface area contributed by atoms with Crippen molar-refractivity contribution in [3.05, 3.63) is 29.3 Å². The minimum Gasteiger partial charge on any atom is -0.423 e. The highest BCUT2D eigenvalue weighted by Gasteiger charge is 2.04. The lowest BCUT2D eigenvalue weighted by atomic mass is 10.3. The third-order valence-corrected chi connectivity index (χ3v) is 1.50. The van der Waals surface area contributed by atoms with Crippen LogP contribution >= 0.6 is 11.6 Å². The number of aliphatic hydroxyl groups is 1. The lowest BCUT2D eigenvalue weighted by molar-refractivity contribution is -0.137. The molecule has 0 heterocycles. The van der Waals surface area contributed by atoms with Crippen LogP contribution in [0.3, 0.4) is 0 Å². The summed E-state index contributed by atoms with van der Waals surface area (Å²) in [4.78, 5) is 10.6. The number of hydrogen-bond acceptors (Lipinski definition) is 3. The zero-order valence-corrected chi connectivity index (χ0v) is 6.91. The van der Waals surface area contributed by atoms with E-state index in [1.165, 1.54) is 0 Å². The van der Waals surface area contributed by atoms with Crippen molar-refractivity contribution in [3.63, 3.8) is 0 Å². The highest BCUT2D eigenvalue weighted by molar-refractivity contribution is 6.32. The molecule has 0 saturated heterocycles. The number of carbonyl (C=O) groups excluding carboxylic acids is 1. The molecule has 0 atom stereocenters. The molecule has 0 aliphatic carbocycles. The summed E-state index contributed by atoms with van der Waals surface area (Å²) in [6, 6.07) is 6.56. The van der Waals surface area contributed by atoms with Crippen molar-refractivity contribution >= 4 is 17.6 Å². The van der Waals surface area contributed by atoms with Crippen molar-refractivity contribution in [1.82, 2.24) is 0 Å². The average Bonchev–Trinajstić information content (AvgIpc) is 2.09. The van der Waals surface area contributed by atoms with Gasteiger partial charge in [0.05, 0.1) is 5.02 Å². The third-order valence-electron chi connectivity index (χ3n) is 1.19. The highest BCUT2D eigenvalue weighted by atomic mass is 35.5. The summed E-state index contributed by atoms with van der Waals surface area (Å²) in [5.74, 6) is -0.457. The summed E-state index contributed by atoms with van der Waals surface area (Å²) in [6.07, 6.45) is 0. The molecule has 3 nitrogen and oxygen atoms in total. The molecule has 0 bridgehead atoms. The van der Waals surface area contributed by atoms with E-state index in [4.69, 9.17) is 16.7 Å². The van der Waals surface area contributed by atoms with Crippen LogP contribution in [0, 0.1) is 0 Å². The minimum atomic E-state index is -0.719. The first kappa shape index (κ1) is 9.03. The Kier molecular flexibility index (Phi) is 3.08. The normalized spacial score (nSPS) is 9.50. The first-order valence-electron chi connectivity index (χ1n) is 3.30. The summed E-state index contributed by atoms with van der Waals surface area (Å²) < 4.78 is 4.67. The Morgan fingerprint density at radius 1 is 1.50 bits per heavy atom. The van der Waals surface area contributed by atoms with Gasteiger partial charge in [-0.2, -0.15) is 0 Å². The highest BCUT2D eigenvalue weighted by Crippen LogP contribution is 2.22. The molecule has 0 spiro atoms. The molecule has 1 N–H and O–H groups in total. The van der Waals surface area contributed by atoms with Gasteiger partial charge in [0.2, 0.25) is 0 Å². The Bertz CT molecular complexity index is 285. The predicted octanol–water partition coefficient (Wildman–Crippen LogP) is 1.24. The van der Waals surface area contributed by atoms with E-state index in [1.54, 1.807) is 24.3 Å². The topological polar surface area (TPSA) is 46.5 Å². The Labute approximate surface area is 74.5 Å². The van der Waals surface area contributed by atoms with Crippen LogP contribution in [-0.2, 0) is 4.79 Å². The molecule has 1 aromatic carbocycles. The van der Waals surface area contributed by atoms with Crippen molar-refractivity contribution in [2.45, 2.75) is 0 Å². The molecule has 1 rings (SSSR count). The maximum Gasteiger partial charge on any atom is 0.337 e. The lowest BCUT2D eigenvalue weighted by Crippen LogP contribution is -2.12. The van der Waals surface area contributed by atoms with E-state index in [2.05, 4.69) is 4.74 Å². The lowest BCUT2D eigenvalue weighted by Gasteiger charge is -2.02. The summed E-state index contributed by atoms with van der Waals surface area (Å²) in [5, 5.41) is 8.72. The number of carbonyl (C=O) groups is 1. The quantitative estimate of drug-likeness (QED) is 0.558. The maximum absolute atomic E-state index is 10.6. The molecule has 64 valence electrons. The molecule has 0 fully saturated rings. The molecule has 12 heavy (non-hydrogen) atoms. The van der Waals surface area contributed by atoms with Gasteiger partial charge in [0, 0.05) is 0 Å². The van der Waals surface area contributed by atoms with Crippen molar-refractivity contribution in [2.75, 3.05) is 6.61 Å². The molecule has 0 saturated carbocycles. The average molecular weight is 187 g/mol. The number of esters is 1. The number of para-hydroxylation sites is 1. The first-order chi connectivity index (χ1) is 5.74. The molecule has 0 aromatic heterocycles. The summed E-state index contributed by atoms with van der Waals surface area (Å²) in [7, 11) is 0. The van der Waals surface area contributed by atoms with Crippen molar-refractivity contribution < 1.29 is 14.6 Å². The van der Waals surface area contributed by atoms with Gasteiger partial charge in [-0.05, 0) is 12.1 Å². The van der Waals surface area contributed by atoms with E-state index >= 15 is 0 Å². The van der Waals surface area contributed by atoms with Gasteiger partial charge in [-0.15, -0.1) is 0 Å². The van der Waals surface area contributed by atoms with E-state index < -0.39 is 12.6 Å².